The number of nitrogens with zero attached hydrogens (tertiary/aromatic N) is 2. The molecule has 1 fully saturated rings. The minimum absolute atomic E-state index is 0. The molecule has 2 aromatic heterocycles. The number of β-amino-alcohol motifs (C(OH)–C–C–N with tert-alkyl or cyclic N) is 1. The fraction of sp³-hybridized carbons (Fsp3) is 0.308. The lowest BCUT2D eigenvalue weighted by Gasteiger charge is -2.08. The maximum absolute atomic E-state index is 12.0. The van der Waals surface area contributed by atoms with Crippen LogP contribution < -0.4 is 10.6 Å². The van der Waals surface area contributed by atoms with Crippen LogP contribution >= 0.6 is 36.2 Å². The number of aliphatic hydroxyl groups excluding tert-OH is 1. The summed E-state index contributed by atoms with van der Waals surface area (Å²) < 4.78 is 0. The molecular weight excluding hydrogens is 347 g/mol. The predicted molar refractivity (Wildman–Crippen MR) is 90.9 cm³/mol. The average molecular weight is 363 g/mol. The molecule has 3 heterocycles. The molecule has 3 rings (SSSR count). The number of carbonyl (C=O) groups excluding carboxylic acids is 1. The van der Waals surface area contributed by atoms with E-state index in [9.17, 15) is 9.90 Å². The monoisotopic (exact) mass is 362 g/mol. The Kier molecular flexibility index (Phi) is 7.18. The van der Waals surface area contributed by atoms with Gasteiger partial charge in [-0.3, -0.25) is 9.78 Å². The van der Waals surface area contributed by atoms with Gasteiger partial charge in [-0.1, -0.05) is 6.07 Å². The summed E-state index contributed by atoms with van der Waals surface area (Å²) in [5.74, 6) is -0.163. The highest BCUT2D eigenvalue weighted by Crippen LogP contribution is 2.23. The number of hydrogen-bond acceptors (Lipinski definition) is 6. The Hall–Kier alpha value is -1.25. The van der Waals surface area contributed by atoms with Gasteiger partial charge in [-0.25, -0.2) is 4.98 Å². The van der Waals surface area contributed by atoms with E-state index in [0.29, 0.717) is 18.1 Å². The average Bonchev–Trinajstić information content (AvgIpc) is 3.09. The Bertz CT molecular complexity index is 611. The van der Waals surface area contributed by atoms with Crippen LogP contribution in [0.3, 0.4) is 0 Å². The smallest absolute Gasteiger partial charge is 0.243 e. The van der Waals surface area contributed by atoms with Crippen molar-refractivity contribution >= 4 is 47.2 Å². The molecule has 0 radical (unpaired) electrons. The van der Waals surface area contributed by atoms with Crippen molar-refractivity contribution in [2.24, 2.45) is 0 Å². The normalized spacial score (nSPS) is 19.9. The second-order valence-electron chi connectivity index (χ2n) is 4.59. The summed E-state index contributed by atoms with van der Waals surface area (Å²) >= 11 is 1.36. The summed E-state index contributed by atoms with van der Waals surface area (Å²) in [6.07, 6.45) is 1.69. The molecule has 0 spiro atoms. The molecule has 0 saturated carbocycles. The van der Waals surface area contributed by atoms with Crippen LogP contribution in [0.1, 0.15) is 6.42 Å². The summed E-state index contributed by atoms with van der Waals surface area (Å²) in [6, 6.07) is 5.25. The maximum Gasteiger partial charge on any atom is 0.243 e. The fourth-order valence-corrected chi connectivity index (χ4v) is 2.78. The quantitative estimate of drug-likeness (QED) is 0.773. The van der Waals surface area contributed by atoms with Crippen molar-refractivity contribution in [3.63, 3.8) is 0 Å². The maximum atomic E-state index is 12.0. The first-order chi connectivity index (χ1) is 9.72. The highest BCUT2D eigenvalue weighted by Gasteiger charge is 2.28. The van der Waals surface area contributed by atoms with E-state index in [1.54, 1.807) is 6.20 Å². The van der Waals surface area contributed by atoms with Crippen molar-refractivity contribution in [3.8, 4) is 11.4 Å². The molecule has 1 aliphatic rings. The minimum Gasteiger partial charge on any atom is -0.392 e. The van der Waals surface area contributed by atoms with E-state index >= 15 is 0 Å². The zero-order valence-corrected chi connectivity index (χ0v) is 13.9. The molecule has 1 saturated heterocycles. The standard InChI is InChI=1S/C13H14N4O2S.2ClH/c18-8-5-10(15-6-8)12(19)17-13-16-11(7-20-13)9-3-1-2-4-14-9;;/h1-4,7-8,10,15,18H,5-6H2,(H,16,17,19);2*1H/t8-,10-;;/m1../s1. The van der Waals surface area contributed by atoms with Crippen molar-refractivity contribution in [1.82, 2.24) is 15.3 Å². The number of halogens is 2. The number of aliphatic hydroxyl groups is 1. The number of rotatable bonds is 3. The summed E-state index contributed by atoms with van der Waals surface area (Å²) in [6.45, 7) is 0.454. The molecule has 0 bridgehead atoms. The van der Waals surface area contributed by atoms with Gasteiger partial charge in [0.1, 0.15) is 5.69 Å². The van der Waals surface area contributed by atoms with E-state index in [1.807, 2.05) is 23.6 Å². The van der Waals surface area contributed by atoms with E-state index in [2.05, 4.69) is 20.6 Å². The Balaban J connectivity index is 0.00000121. The lowest BCUT2D eigenvalue weighted by molar-refractivity contribution is -0.117. The van der Waals surface area contributed by atoms with E-state index in [1.165, 1.54) is 11.3 Å². The SMILES string of the molecule is Cl.Cl.O=C(Nc1nc(-c2ccccn2)cs1)[C@H]1C[C@@H](O)CN1. The summed E-state index contributed by atoms with van der Waals surface area (Å²) in [5.41, 5.74) is 1.52. The van der Waals surface area contributed by atoms with Gasteiger partial charge in [0, 0.05) is 18.1 Å². The van der Waals surface area contributed by atoms with Crippen LogP contribution in [0.5, 0.6) is 0 Å². The van der Waals surface area contributed by atoms with Gasteiger partial charge in [-0.2, -0.15) is 0 Å². The summed E-state index contributed by atoms with van der Waals surface area (Å²) in [5, 5.41) is 17.5. The Morgan fingerprint density at radius 1 is 1.36 bits per heavy atom. The molecule has 22 heavy (non-hydrogen) atoms. The molecule has 120 valence electrons. The van der Waals surface area contributed by atoms with Gasteiger partial charge in [0.15, 0.2) is 5.13 Å². The molecule has 1 aliphatic heterocycles. The minimum atomic E-state index is -0.453. The van der Waals surface area contributed by atoms with E-state index in [-0.39, 0.29) is 36.8 Å². The molecule has 9 heteroatoms. The van der Waals surface area contributed by atoms with Gasteiger partial charge in [-0.05, 0) is 18.6 Å². The van der Waals surface area contributed by atoms with Crippen LogP contribution in [0.4, 0.5) is 5.13 Å². The number of hydrogen-bond donors (Lipinski definition) is 3. The van der Waals surface area contributed by atoms with Gasteiger partial charge in [0.25, 0.3) is 0 Å². The third kappa shape index (κ3) is 4.37. The van der Waals surface area contributed by atoms with Gasteiger partial charge < -0.3 is 15.7 Å². The van der Waals surface area contributed by atoms with Crippen LogP contribution in [0.2, 0.25) is 0 Å². The number of thiazole rings is 1. The van der Waals surface area contributed by atoms with Crippen molar-refractivity contribution in [3.05, 3.63) is 29.8 Å². The van der Waals surface area contributed by atoms with Crippen LogP contribution in [-0.4, -0.2) is 39.7 Å². The fourth-order valence-electron chi connectivity index (χ4n) is 2.07. The number of anilines is 1. The highest BCUT2D eigenvalue weighted by atomic mass is 35.5. The van der Waals surface area contributed by atoms with Crippen molar-refractivity contribution in [2.45, 2.75) is 18.6 Å². The molecule has 2 atom stereocenters. The van der Waals surface area contributed by atoms with Crippen LogP contribution in [0.15, 0.2) is 29.8 Å². The summed E-state index contributed by atoms with van der Waals surface area (Å²) in [4.78, 5) is 20.5. The zero-order chi connectivity index (χ0) is 13.9. The Morgan fingerprint density at radius 3 is 2.82 bits per heavy atom. The van der Waals surface area contributed by atoms with E-state index < -0.39 is 6.10 Å². The van der Waals surface area contributed by atoms with Crippen molar-refractivity contribution in [2.75, 3.05) is 11.9 Å². The summed E-state index contributed by atoms with van der Waals surface area (Å²) in [7, 11) is 0. The van der Waals surface area contributed by atoms with Crippen LogP contribution in [-0.2, 0) is 4.79 Å². The lowest BCUT2D eigenvalue weighted by Crippen LogP contribution is -2.35. The molecule has 1 amide bonds. The van der Waals surface area contributed by atoms with Crippen LogP contribution in [0.25, 0.3) is 11.4 Å². The first-order valence-electron chi connectivity index (χ1n) is 6.31. The highest BCUT2D eigenvalue weighted by molar-refractivity contribution is 7.14. The molecule has 0 aromatic carbocycles. The molecule has 0 unspecified atom stereocenters. The Labute approximate surface area is 144 Å². The van der Waals surface area contributed by atoms with Crippen LogP contribution in [0, 0.1) is 0 Å². The largest absolute Gasteiger partial charge is 0.392 e. The number of aromatic nitrogens is 2. The van der Waals surface area contributed by atoms with Gasteiger partial charge in [0.05, 0.1) is 17.8 Å². The second kappa shape index (κ2) is 8.40. The number of nitrogens with one attached hydrogen (secondary N) is 2. The van der Waals surface area contributed by atoms with Gasteiger partial charge in [0.2, 0.25) is 5.91 Å². The Morgan fingerprint density at radius 2 is 2.18 bits per heavy atom. The third-order valence-electron chi connectivity index (χ3n) is 3.09. The second-order valence-corrected chi connectivity index (χ2v) is 5.45. The molecular formula is C13H16Cl2N4O2S. The first kappa shape index (κ1) is 18.8. The zero-order valence-electron chi connectivity index (χ0n) is 11.4. The van der Waals surface area contributed by atoms with Crippen molar-refractivity contribution in [1.29, 1.82) is 0 Å². The molecule has 6 nitrogen and oxygen atoms in total. The molecule has 0 aliphatic carbocycles. The van der Waals surface area contributed by atoms with Gasteiger partial charge in [-0.15, -0.1) is 36.2 Å². The third-order valence-corrected chi connectivity index (χ3v) is 3.84. The number of pyridine rings is 1. The van der Waals surface area contributed by atoms with E-state index in [0.717, 1.165) is 11.4 Å². The first-order valence-corrected chi connectivity index (χ1v) is 7.19. The van der Waals surface area contributed by atoms with Crippen molar-refractivity contribution < 1.29 is 9.90 Å². The molecule has 3 N–H and O–H groups in total. The topological polar surface area (TPSA) is 87.1 Å². The van der Waals surface area contributed by atoms with Gasteiger partial charge >= 0.3 is 0 Å². The predicted octanol–water partition coefficient (Wildman–Crippen LogP) is 1.71. The lowest BCUT2D eigenvalue weighted by atomic mass is 10.2. The molecule has 2 aromatic rings. The van der Waals surface area contributed by atoms with E-state index in [4.69, 9.17) is 0 Å². The number of amides is 1. The number of carbonyl (C=O) groups is 1.